The first kappa shape index (κ1) is 45.2. The molecule has 304 valence electrons. The molecule has 3 aliphatic rings. The molecule has 0 radical (unpaired) electrons. The summed E-state index contributed by atoms with van der Waals surface area (Å²) >= 11 is 0. The van der Waals surface area contributed by atoms with Crippen molar-refractivity contribution in [2.24, 2.45) is 35.5 Å². The zero-order chi connectivity index (χ0) is 39.5. The zero-order valence-corrected chi connectivity index (χ0v) is 34.5. The summed E-state index contributed by atoms with van der Waals surface area (Å²) in [5.41, 5.74) is -2.62. The Labute approximate surface area is 313 Å². The van der Waals surface area contributed by atoms with E-state index in [1.54, 1.807) is 27.7 Å². The molecule has 12 heteroatoms. The number of Topliss-reactive ketones (excluding diaryl/α,β-unsaturated/α-hetero) is 1. The van der Waals surface area contributed by atoms with Gasteiger partial charge >= 0.3 is 5.97 Å². The van der Waals surface area contributed by atoms with Crippen molar-refractivity contribution >= 4 is 11.8 Å². The predicted octanol–water partition coefficient (Wildman–Crippen LogP) is 4.73. The molecule has 0 aromatic rings. The fraction of sp³-hybridized carbons (Fsp3) is 0.950. The highest BCUT2D eigenvalue weighted by Gasteiger charge is 2.52. The lowest BCUT2D eigenvalue weighted by molar-refractivity contribution is -0.318. The van der Waals surface area contributed by atoms with Crippen molar-refractivity contribution in [1.29, 1.82) is 0 Å². The third kappa shape index (κ3) is 10.8. The summed E-state index contributed by atoms with van der Waals surface area (Å²) in [6, 6.07) is -0.263. The van der Waals surface area contributed by atoms with Gasteiger partial charge in [-0.2, -0.15) is 0 Å². The number of likely N-dealkylation sites (N-methyl/N-ethyl adjacent to an activating group) is 1. The summed E-state index contributed by atoms with van der Waals surface area (Å²) in [6.07, 6.45) is -5.34. The van der Waals surface area contributed by atoms with E-state index in [0.717, 1.165) is 6.54 Å². The van der Waals surface area contributed by atoms with E-state index in [1.807, 2.05) is 48.6 Å². The van der Waals surface area contributed by atoms with Crippen molar-refractivity contribution in [2.75, 3.05) is 20.7 Å². The van der Waals surface area contributed by atoms with E-state index in [1.165, 1.54) is 7.11 Å². The number of methoxy groups -OCH3 is 1. The summed E-state index contributed by atoms with van der Waals surface area (Å²) in [6.45, 7) is 23.4. The predicted molar refractivity (Wildman–Crippen MR) is 197 cm³/mol. The molecule has 0 spiro atoms. The number of ketones is 1. The van der Waals surface area contributed by atoms with Crippen LogP contribution in [0, 0.1) is 35.5 Å². The number of esters is 1. The van der Waals surface area contributed by atoms with Crippen LogP contribution in [0.15, 0.2) is 0 Å². The van der Waals surface area contributed by atoms with Crippen LogP contribution in [0.25, 0.3) is 0 Å². The van der Waals surface area contributed by atoms with Gasteiger partial charge in [0, 0.05) is 43.9 Å². The van der Waals surface area contributed by atoms with Gasteiger partial charge in [0.2, 0.25) is 0 Å². The van der Waals surface area contributed by atoms with Crippen molar-refractivity contribution in [3.63, 3.8) is 0 Å². The van der Waals surface area contributed by atoms with Crippen LogP contribution in [0.1, 0.15) is 115 Å². The van der Waals surface area contributed by atoms with Gasteiger partial charge in [0.25, 0.3) is 0 Å². The lowest BCUT2D eigenvalue weighted by Crippen LogP contribution is -2.61. The van der Waals surface area contributed by atoms with Crippen LogP contribution in [0.2, 0.25) is 0 Å². The van der Waals surface area contributed by atoms with Gasteiger partial charge in [-0.1, -0.05) is 48.5 Å². The summed E-state index contributed by atoms with van der Waals surface area (Å²) < 4.78 is 37.9. The van der Waals surface area contributed by atoms with Crippen LogP contribution >= 0.6 is 0 Å². The highest BCUT2D eigenvalue weighted by atomic mass is 16.7. The Kier molecular flexibility index (Phi) is 16.2. The van der Waals surface area contributed by atoms with Gasteiger partial charge in [0.15, 0.2) is 12.6 Å². The molecular formula is C40H73NO11. The quantitative estimate of drug-likeness (QED) is 0.280. The molecule has 0 aromatic heterocycles. The number of carbonyl (C=O) groups excluding carboxylic acids is 2. The van der Waals surface area contributed by atoms with E-state index in [4.69, 9.17) is 28.4 Å². The second-order valence-electron chi connectivity index (χ2n) is 17.5. The minimum absolute atomic E-state index is 0.0119. The highest BCUT2D eigenvalue weighted by molar-refractivity contribution is 5.83. The smallest absolute Gasteiger partial charge is 0.311 e. The van der Waals surface area contributed by atoms with E-state index in [0.29, 0.717) is 25.2 Å². The first-order valence-corrected chi connectivity index (χ1v) is 19.8. The van der Waals surface area contributed by atoms with Crippen molar-refractivity contribution in [1.82, 2.24) is 4.90 Å². The minimum atomic E-state index is -1.64. The van der Waals surface area contributed by atoms with Gasteiger partial charge in [0.1, 0.15) is 24.1 Å². The van der Waals surface area contributed by atoms with E-state index in [-0.39, 0.29) is 42.6 Å². The first-order valence-electron chi connectivity index (χ1n) is 19.8. The van der Waals surface area contributed by atoms with E-state index in [2.05, 4.69) is 18.7 Å². The fourth-order valence-corrected chi connectivity index (χ4v) is 9.05. The number of ether oxygens (including phenoxy) is 6. The first-order chi connectivity index (χ1) is 24.1. The average Bonchev–Trinajstić information content (AvgIpc) is 3.06. The summed E-state index contributed by atoms with van der Waals surface area (Å²) in [7, 11) is 3.51. The van der Waals surface area contributed by atoms with Gasteiger partial charge in [-0.3, -0.25) is 9.59 Å². The Balaban J connectivity index is 2.13. The van der Waals surface area contributed by atoms with Crippen molar-refractivity contribution in [3.05, 3.63) is 0 Å². The van der Waals surface area contributed by atoms with Crippen LogP contribution in [0.4, 0.5) is 0 Å². The molecule has 3 saturated heterocycles. The van der Waals surface area contributed by atoms with Crippen molar-refractivity contribution in [2.45, 2.75) is 188 Å². The molecule has 0 aliphatic carbocycles. The maximum atomic E-state index is 14.1. The highest BCUT2D eigenvalue weighted by Crippen LogP contribution is 2.40. The molecule has 0 amide bonds. The monoisotopic (exact) mass is 744 g/mol. The molecule has 3 fully saturated rings. The number of nitrogens with zero attached hydrogens (tertiary/aromatic N) is 1. The minimum Gasteiger partial charge on any atom is -0.462 e. The number of aliphatic hydroxyl groups is 3. The van der Waals surface area contributed by atoms with Crippen LogP contribution in [0.3, 0.4) is 0 Å². The lowest BCUT2D eigenvalue weighted by Gasteiger charge is -2.49. The van der Waals surface area contributed by atoms with Crippen LogP contribution in [0.5, 0.6) is 0 Å². The van der Waals surface area contributed by atoms with Gasteiger partial charge in [-0.15, -0.1) is 0 Å². The Morgan fingerprint density at radius 2 is 1.58 bits per heavy atom. The standard InChI is InChI=1S/C40H73NO11/c1-15-30-22(4)16-23(5)32(42)24(6)18-39(11,46)36(52-38-33(43)29(17-25(7)48-38)41(13)20-21(2)3)26(8)34(27(9)37(45)50-30)51-31-19-40(12,47-14)35(44)28(10)49-31/h21-31,33-36,38,43-44,46H,15-20H2,1-14H3/t22-,23-,24-,25-,26+,27-,28+,29+,30-,31+,33-,34+,35+,36-,38+,39-,40-/m1/s1. The maximum absolute atomic E-state index is 14.1. The van der Waals surface area contributed by atoms with Gasteiger partial charge < -0.3 is 48.6 Å². The van der Waals surface area contributed by atoms with Gasteiger partial charge in [-0.25, -0.2) is 0 Å². The van der Waals surface area contributed by atoms with Gasteiger partial charge in [-0.05, 0) is 79.2 Å². The molecule has 0 bridgehead atoms. The number of hydrogen-bond donors (Lipinski definition) is 3. The number of cyclic esters (lactones) is 1. The number of aliphatic hydroxyl groups excluding tert-OH is 2. The Hall–Kier alpha value is -1.22. The third-order valence-corrected chi connectivity index (χ3v) is 12.1. The molecule has 3 aliphatic heterocycles. The summed E-state index contributed by atoms with van der Waals surface area (Å²) in [5.74, 6) is -2.59. The van der Waals surface area contributed by atoms with E-state index >= 15 is 0 Å². The fourth-order valence-electron chi connectivity index (χ4n) is 9.05. The molecule has 12 nitrogen and oxygen atoms in total. The molecular weight excluding hydrogens is 670 g/mol. The molecule has 3 rings (SSSR count). The van der Waals surface area contributed by atoms with Crippen molar-refractivity contribution in [3.8, 4) is 0 Å². The van der Waals surface area contributed by atoms with Gasteiger partial charge in [0.05, 0.1) is 41.5 Å². The largest absolute Gasteiger partial charge is 0.462 e. The zero-order valence-electron chi connectivity index (χ0n) is 34.5. The van der Waals surface area contributed by atoms with Crippen LogP contribution in [-0.2, 0) is 38.0 Å². The molecule has 0 aromatic carbocycles. The molecule has 17 atom stereocenters. The molecule has 3 heterocycles. The molecule has 0 saturated carbocycles. The maximum Gasteiger partial charge on any atom is 0.311 e. The topological polar surface area (TPSA) is 153 Å². The number of hydrogen-bond acceptors (Lipinski definition) is 12. The van der Waals surface area contributed by atoms with Crippen LogP contribution < -0.4 is 0 Å². The lowest BCUT2D eigenvalue weighted by atomic mass is 9.75. The SMILES string of the molecule is CC[C@H]1OC(=O)[C@H](C)[C@@H](O[C@H]2C[C@@](C)(OC)[C@@H](O)[C@H](C)O2)[C@H](C)[C@@H](O[C@@H]2O[C@H](C)C[C@H](N(C)CC(C)C)[C@H]2O)[C@](C)(O)C[C@@H](C)C(=O)[C@H](C)C[C@H]1C. The normalized spacial score (nSPS) is 46.2. The second-order valence-corrected chi connectivity index (χ2v) is 17.5. The Morgan fingerprint density at radius 1 is 0.942 bits per heavy atom. The molecule has 52 heavy (non-hydrogen) atoms. The van der Waals surface area contributed by atoms with E-state index in [9.17, 15) is 24.9 Å². The number of rotatable bonds is 9. The number of carbonyl (C=O) groups is 2. The van der Waals surface area contributed by atoms with E-state index < -0.39 is 84.1 Å². The van der Waals surface area contributed by atoms with Crippen molar-refractivity contribution < 1.29 is 53.3 Å². The summed E-state index contributed by atoms with van der Waals surface area (Å²) in [4.78, 5) is 30.0. The molecule has 3 N–H and O–H groups in total. The average molecular weight is 744 g/mol. The summed E-state index contributed by atoms with van der Waals surface area (Å²) in [5, 5.41) is 35.2. The Morgan fingerprint density at radius 3 is 2.15 bits per heavy atom. The molecule has 0 unspecified atom stereocenters. The Bertz CT molecular complexity index is 1150. The van der Waals surface area contributed by atoms with Crippen LogP contribution in [-0.4, -0.2) is 125 Å². The second kappa shape index (κ2) is 18.6. The third-order valence-electron chi connectivity index (χ3n) is 12.1.